The van der Waals surface area contributed by atoms with Crippen LogP contribution < -0.4 is 0 Å². The molecule has 1 heterocycles. The van der Waals surface area contributed by atoms with E-state index in [1.165, 1.54) is 0 Å². The molecule has 0 aliphatic rings. The van der Waals surface area contributed by atoms with E-state index in [-0.39, 0.29) is 0 Å². The first-order valence-electron chi connectivity index (χ1n) is 4.14. The zero-order chi connectivity index (χ0) is 9.97. The molecule has 0 atom stereocenters. The van der Waals surface area contributed by atoms with Crippen LogP contribution in [0.25, 0.3) is 5.69 Å². The van der Waals surface area contributed by atoms with E-state index in [0.29, 0.717) is 5.56 Å². The van der Waals surface area contributed by atoms with Gasteiger partial charge < -0.3 is 4.57 Å². The summed E-state index contributed by atoms with van der Waals surface area (Å²) < 4.78 is 15.2. The molecule has 0 radical (unpaired) electrons. The van der Waals surface area contributed by atoms with E-state index in [1.807, 2.05) is 16.8 Å². The van der Waals surface area contributed by atoms with E-state index >= 15 is 0 Å². The summed E-state index contributed by atoms with van der Waals surface area (Å²) in [6.45, 7) is -0.449. The highest BCUT2D eigenvalue weighted by Crippen LogP contribution is 2.22. The van der Waals surface area contributed by atoms with Gasteiger partial charge in [0.25, 0.3) is 0 Å². The molecule has 0 aliphatic carbocycles. The van der Waals surface area contributed by atoms with Gasteiger partial charge in [0.15, 0.2) is 0 Å². The molecule has 1 aromatic heterocycles. The minimum absolute atomic E-state index is 0.449. The van der Waals surface area contributed by atoms with E-state index in [2.05, 4.69) is 20.9 Å². The van der Waals surface area contributed by atoms with Crippen molar-refractivity contribution in [3.8, 4) is 5.69 Å². The summed E-state index contributed by atoms with van der Waals surface area (Å²) in [7, 11) is 0. The fourth-order valence-electron chi connectivity index (χ4n) is 1.24. The maximum absolute atomic E-state index is 12.4. The minimum Gasteiger partial charge on any atom is -0.305 e. The molecule has 2 aromatic rings. The number of benzene rings is 1. The van der Waals surface area contributed by atoms with Crippen LogP contribution in [0.3, 0.4) is 0 Å². The van der Waals surface area contributed by atoms with Crippen LogP contribution in [-0.4, -0.2) is 9.55 Å². The van der Waals surface area contributed by atoms with E-state index < -0.39 is 6.67 Å². The maximum atomic E-state index is 12.4. The van der Waals surface area contributed by atoms with Crippen molar-refractivity contribution in [2.45, 2.75) is 6.67 Å². The standard InChI is InChI=1S/C10H8BrFN2/c11-9-2-1-8(6-12)5-10(9)14-4-3-13-7-14/h1-5,7H,6H2. The largest absolute Gasteiger partial charge is 0.305 e. The topological polar surface area (TPSA) is 17.8 Å². The Morgan fingerprint density at radius 1 is 1.43 bits per heavy atom. The zero-order valence-corrected chi connectivity index (χ0v) is 8.91. The normalized spacial score (nSPS) is 10.4. The summed E-state index contributed by atoms with van der Waals surface area (Å²) in [5, 5.41) is 0. The van der Waals surface area contributed by atoms with Crippen molar-refractivity contribution in [1.29, 1.82) is 0 Å². The molecule has 0 saturated heterocycles. The molecule has 1 aromatic carbocycles. The summed E-state index contributed by atoms with van der Waals surface area (Å²) >= 11 is 3.41. The first-order chi connectivity index (χ1) is 6.81. The van der Waals surface area contributed by atoms with Crippen molar-refractivity contribution < 1.29 is 4.39 Å². The summed E-state index contributed by atoms with van der Waals surface area (Å²) in [6.07, 6.45) is 5.19. The van der Waals surface area contributed by atoms with Crippen LogP contribution in [0.4, 0.5) is 4.39 Å². The SMILES string of the molecule is FCc1ccc(Br)c(-n2ccnc2)c1. The van der Waals surface area contributed by atoms with Crippen molar-refractivity contribution in [2.75, 3.05) is 0 Å². The van der Waals surface area contributed by atoms with E-state index in [1.54, 1.807) is 24.7 Å². The fraction of sp³-hybridized carbons (Fsp3) is 0.100. The van der Waals surface area contributed by atoms with Gasteiger partial charge in [-0.05, 0) is 33.6 Å². The van der Waals surface area contributed by atoms with Crippen LogP contribution >= 0.6 is 15.9 Å². The summed E-state index contributed by atoms with van der Waals surface area (Å²) in [4.78, 5) is 3.94. The van der Waals surface area contributed by atoms with Crippen molar-refractivity contribution in [1.82, 2.24) is 9.55 Å². The maximum Gasteiger partial charge on any atom is 0.115 e. The van der Waals surface area contributed by atoms with Crippen molar-refractivity contribution in [3.05, 3.63) is 47.0 Å². The zero-order valence-electron chi connectivity index (χ0n) is 7.32. The molecule has 0 saturated carbocycles. The van der Waals surface area contributed by atoms with Crippen LogP contribution in [0.5, 0.6) is 0 Å². The van der Waals surface area contributed by atoms with Gasteiger partial charge in [0.2, 0.25) is 0 Å². The molecule has 72 valence electrons. The van der Waals surface area contributed by atoms with E-state index in [0.717, 1.165) is 10.2 Å². The molecule has 2 nitrogen and oxygen atoms in total. The van der Waals surface area contributed by atoms with Crippen LogP contribution in [0.2, 0.25) is 0 Å². The average molecular weight is 255 g/mol. The molecular formula is C10H8BrFN2. The van der Waals surface area contributed by atoms with Crippen LogP contribution in [0.15, 0.2) is 41.4 Å². The molecular weight excluding hydrogens is 247 g/mol. The Morgan fingerprint density at radius 2 is 2.29 bits per heavy atom. The van der Waals surface area contributed by atoms with Crippen molar-refractivity contribution >= 4 is 15.9 Å². The second-order valence-electron chi connectivity index (χ2n) is 2.89. The summed E-state index contributed by atoms with van der Waals surface area (Å²) in [5.41, 5.74) is 1.56. The molecule has 2 rings (SSSR count). The fourth-order valence-corrected chi connectivity index (χ4v) is 1.69. The molecule has 0 N–H and O–H groups in total. The highest BCUT2D eigenvalue weighted by molar-refractivity contribution is 9.10. The summed E-state index contributed by atoms with van der Waals surface area (Å²) in [5.74, 6) is 0. The van der Waals surface area contributed by atoms with E-state index in [4.69, 9.17) is 0 Å². The Kier molecular flexibility index (Phi) is 2.63. The second-order valence-corrected chi connectivity index (χ2v) is 3.74. The Labute approximate surface area is 89.5 Å². The number of alkyl halides is 1. The third-order valence-electron chi connectivity index (χ3n) is 1.95. The molecule has 0 spiro atoms. The van der Waals surface area contributed by atoms with Crippen LogP contribution in [-0.2, 0) is 6.67 Å². The Bertz CT molecular complexity index is 426. The van der Waals surface area contributed by atoms with Crippen molar-refractivity contribution in [2.24, 2.45) is 0 Å². The van der Waals surface area contributed by atoms with E-state index in [9.17, 15) is 4.39 Å². The van der Waals surface area contributed by atoms with Gasteiger partial charge in [0.1, 0.15) is 6.67 Å². The Hall–Kier alpha value is -1.16. The average Bonchev–Trinajstić information content (AvgIpc) is 2.71. The molecule has 4 heteroatoms. The summed E-state index contributed by atoms with van der Waals surface area (Å²) in [6, 6.07) is 5.39. The van der Waals surface area contributed by atoms with Crippen LogP contribution in [0.1, 0.15) is 5.56 Å². The monoisotopic (exact) mass is 254 g/mol. The smallest absolute Gasteiger partial charge is 0.115 e. The number of hydrogen-bond acceptors (Lipinski definition) is 1. The number of imidazole rings is 1. The molecule has 0 bridgehead atoms. The number of hydrogen-bond donors (Lipinski definition) is 0. The third-order valence-corrected chi connectivity index (χ3v) is 2.62. The number of halogens is 2. The predicted molar refractivity (Wildman–Crippen MR) is 56.1 cm³/mol. The first-order valence-corrected chi connectivity index (χ1v) is 4.93. The quantitative estimate of drug-likeness (QED) is 0.806. The van der Waals surface area contributed by atoms with Gasteiger partial charge in [-0.25, -0.2) is 9.37 Å². The number of nitrogens with zero attached hydrogens (tertiary/aromatic N) is 2. The lowest BCUT2D eigenvalue weighted by atomic mass is 10.2. The highest BCUT2D eigenvalue weighted by Gasteiger charge is 2.02. The lowest BCUT2D eigenvalue weighted by Gasteiger charge is -2.06. The van der Waals surface area contributed by atoms with Gasteiger partial charge in [0.05, 0.1) is 12.0 Å². The van der Waals surface area contributed by atoms with Gasteiger partial charge in [-0.2, -0.15) is 0 Å². The minimum atomic E-state index is -0.449. The van der Waals surface area contributed by atoms with Crippen molar-refractivity contribution in [3.63, 3.8) is 0 Å². The second kappa shape index (κ2) is 3.92. The number of aromatic nitrogens is 2. The molecule has 0 fully saturated rings. The lowest BCUT2D eigenvalue weighted by Crippen LogP contribution is -1.93. The molecule has 0 amide bonds. The van der Waals surface area contributed by atoms with Gasteiger partial charge >= 0.3 is 0 Å². The molecule has 0 aliphatic heterocycles. The van der Waals surface area contributed by atoms with Crippen LogP contribution in [0, 0.1) is 0 Å². The van der Waals surface area contributed by atoms with Gasteiger partial charge in [-0.3, -0.25) is 0 Å². The predicted octanol–water partition coefficient (Wildman–Crippen LogP) is 3.10. The third kappa shape index (κ3) is 1.70. The van der Waals surface area contributed by atoms with Gasteiger partial charge in [-0.15, -0.1) is 0 Å². The first kappa shape index (κ1) is 9.40. The Balaban J connectivity index is 2.51. The van der Waals surface area contributed by atoms with Gasteiger partial charge in [0, 0.05) is 16.9 Å². The van der Waals surface area contributed by atoms with Gasteiger partial charge in [-0.1, -0.05) is 6.07 Å². The number of rotatable bonds is 2. The highest BCUT2D eigenvalue weighted by atomic mass is 79.9. The lowest BCUT2D eigenvalue weighted by molar-refractivity contribution is 0.485. The Morgan fingerprint density at radius 3 is 2.93 bits per heavy atom. The molecule has 0 unspecified atom stereocenters. The molecule has 14 heavy (non-hydrogen) atoms.